The third-order valence-corrected chi connectivity index (χ3v) is 5.84. The highest BCUT2D eigenvalue weighted by Crippen LogP contribution is 2.48. The average molecular weight is 380 g/mol. The molecule has 0 radical (unpaired) electrons. The summed E-state index contributed by atoms with van der Waals surface area (Å²) in [4.78, 5) is 20.4. The molecule has 1 saturated carbocycles. The fourth-order valence-electron chi connectivity index (χ4n) is 4.07. The quantitative estimate of drug-likeness (QED) is 0.763. The van der Waals surface area contributed by atoms with Gasteiger partial charge in [0.2, 0.25) is 11.8 Å². The molecule has 0 bridgehead atoms. The van der Waals surface area contributed by atoms with Gasteiger partial charge in [0.1, 0.15) is 0 Å². The smallest absolute Gasteiger partial charge is 0.232 e. The first kappa shape index (κ1) is 18.9. The molecule has 0 spiro atoms. The second-order valence-corrected chi connectivity index (χ2v) is 7.82. The zero-order valence-corrected chi connectivity index (χ0v) is 16.6. The summed E-state index contributed by atoms with van der Waals surface area (Å²) in [6, 6.07) is 16.0. The van der Waals surface area contributed by atoms with Gasteiger partial charge < -0.3 is 15.0 Å². The zero-order chi connectivity index (χ0) is 19.4. The van der Waals surface area contributed by atoms with Crippen molar-refractivity contribution in [2.24, 2.45) is 0 Å². The van der Waals surface area contributed by atoms with Crippen LogP contribution in [0.4, 0.5) is 0 Å². The standard InChI is InChI=1S/C23H29N3O2/c1-2-28-21-12-8-11-20(25-21)23(13-14-23)22(27)24-19(17-26-15-6-7-16-26)18-9-4-3-5-10-18/h3-5,8-12,19H,2,6-7,13-17H2,1H3,(H,24,27)/t19-/m1/s1. The Hall–Kier alpha value is -2.40. The third kappa shape index (κ3) is 4.04. The van der Waals surface area contributed by atoms with E-state index in [1.54, 1.807) is 0 Å². The van der Waals surface area contributed by atoms with E-state index in [0.717, 1.165) is 43.7 Å². The molecule has 0 unspecified atom stereocenters. The maximum absolute atomic E-state index is 13.3. The number of hydrogen-bond donors (Lipinski definition) is 1. The average Bonchev–Trinajstić information content (AvgIpc) is 3.39. The maximum Gasteiger partial charge on any atom is 0.232 e. The summed E-state index contributed by atoms with van der Waals surface area (Å²) in [7, 11) is 0. The Kier molecular flexibility index (Phi) is 5.62. The summed E-state index contributed by atoms with van der Waals surface area (Å²) in [6.07, 6.45) is 4.17. The molecule has 1 aromatic carbocycles. The molecule has 1 atom stereocenters. The predicted octanol–water partition coefficient (Wildman–Crippen LogP) is 3.47. The number of aromatic nitrogens is 1. The summed E-state index contributed by atoms with van der Waals surface area (Å²) in [5.74, 6) is 0.678. The summed E-state index contributed by atoms with van der Waals surface area (Å²) < 4.78 is 5.54. The first-order valence-corrected chi connectivity index (χ1v) is 10.4. The van der Waals surface area contributed by atoms with Crippen LogP contribution in [-0.4, -0.2) is 42.0 Å². The minimum atomic E-state index is -0.509. The van der Waals surface area contributed by atoms with Gasteiger partial charge in [0.05, 0.1) is 23.8 Å². The molecule has 2 heterocycles. The molecular formula is C23H29N3O2. The van der Waals surface area contributed by atoms with Crippen molar-refractivity contribution in [3.8, 4) is 5.88 Å². The molecule has 1 aliphatic heterocycles. The van der Waals surface area contributed by atoms with Crippen LogP contribution >= 0.6 is 0 Å². The molecule has 1 aliphatic carbocycles. The van der Waals surface area contributed by atoms with E-state index in [-0.39, 0.29) is 11.9 Å². The van der Waals surface area contributed by atoms with Crippen molar-refractivity contribution in [2.45, 2.75) is 44.1 Å². The van der Waals surface area contributed by atoms with Crippen molar-refractivity contribution < 1.29 is 9.53 Å². The van der Waals surface area contributed by atoms with Crippen LogP contribution in [0.3, 0.4) is 0 Å². The number of carbonyl (C=O) groups is 1. The highest BCUT2D eigenvalue weighted by Gasteiger charge is 2.53. The SMILES string of the molecule is CCOc1cccc(C2(C(=O)N[C@H](CN3CCCC3)c3ccccc3)CC2)n1. The maximum atomic E-state index is 13.3. The number of carbonyl (C=O) groups excluding carboxylic acids is 1. The minimum absolute atomic E-state index is 0.000602. The van der Waals surface area contributed by atoms with Crippen molar-refractivity contribution in [3.05, 3.63) is 59.8 Å². The predicted molar refractivity (Wildman–Crippen MR) is 109 cm³/mol. The van der Waals surface area contributed by atoms with E-state index >= 15 is 0 Å². The van der Waals surface area contributed by atoms with Crippen LogP contribution in [0.2, 0.25) is 0 Å². The Bertz CT molecular complexity index is 799. The van der Waals surface area contributed by atoms with E-state index in [0.29, 0.717) is 12.5 Å². The first-order chi connectivity index (χ1) is 13.7. The van der Waals surface area contributed by atoms with Crippen molar-refractivity contribution in [3.63, 3.8) is 0 Å². The largest absolute Gasteiger partial charge is 0.478 e. The zero-order valence-electron chi connectivity index (χ0n) is 16.6. The number of rotatable bonds is 8. The van der Waals surface area contributed by atoms with E-state index in [1.165, 1.54) is 12.8 Å². The Labute approximate surface area is 167 Å². The third-order valence-electron chi connectivity index (χ3n) is 5.84. The van der Waals surface area contributed by atoms with Gasteiger partial charge in [0.25, 0.3) is 0 Å². The van der Waals surface area contributed by atoms with Gasteiger partial charge in [0, 0.05) is 12.6 Å². The van der Waals surface area contributed by atoms with Gasteiger partial charge in [-0.2, -0.15) is 0 Å². The molecule has 1 N–H and O–H groups in total. The molecule has 1 aromatic heterocycles. The van der Waals surface area contributed by atoms with Gasteiger partial charge in [-0.25, -0.2) is 4.98 Å². The van der Waals surface area contributed by atoms with Crippen LogP contribution < -0.4 is 10.1 Å². The van der Waals surface area contributed by atoms with E-state index < -0.39 is 5.41 Å². The van der Waals surface area contributed by atoms with Gasteiger partial charge in [-0.05, 0) is 57.3 Å². The number of pyridine rings is 1. The van der Waals surface area contributed by atoms with Gasteiger partial charge in [-0.3, -0.25) is 4.79 Å². The topological polar surface area (TPSA) is 54.5 Å². The number of nitrogens with zero attached hydrogens (tertiary/aromatic N) is 2. The van der Waals surface area contributed by atoms with Crippen LogP contribution in [0.15, 0.2) is 48.5 Å². The second-order valence-electron chi connectivity index (χ2n) is 7.82. The van der Waals surface area contributed by atoms with Gasteiger partial charge >= 0.3 is 0 Å². The van der Waals surface area contributed by atoms with E-state index in [2.05, 4.69) is 27.3 Å². The van der Waals surface area contributed by atoms with Gasteiger partial charge in [-0.15, -0.1) is 0 Å². The van der Waals surface area contributed by atoms with E-state index in [1.807, 2.05) is 43.3 Å². The molecule has 5 heteroatoms. The van der Waals surface area contributed by atoms with Gasteiger partial charge in [-0.1, -0.05) is 36.4 Å². The normalized spacial score (nSPS) is 19.2. The molecule has 1 saturated heterocycles. The lowest BCUT2D eigenvalue weighted by atomic mass is 9.98. The number of likely N-dealkylation sites (tertiary alicyclic amines) is 1. The Balaban J connectivity index is 1.52. The van der Waals surface area contributed by atoms with Crippen LogP contribution in [0.25, 0.3) is 0 Å². The summed E-state index contributed by atoms with van der Waals surface area (Å²) in [5, 5.41) is 3.35. The lowest BCUT2D eigenvalue weighted by Crippen LogP contribution is -2.42. The van der Waals surface area contributed by atoms with Crippen LogP contribution in [0.5, 0.6) is 5.88 Å². The van der Waals surface area contributed by atoms with Gasteiger partial charge in [0.15, 0.2) is 0 Å². The van der Waals surface area contributed by atoms with Crippen LogP contribution in [0.1, 0.15) is 49.9 Å². The van der Waals surface area contributed by atoms with Crippen molar-refractivity contribution in [1.82, 2.24) is 15.2 Å². The molecule has 5 nitrogen and oxygen atoms in total. The van der Waals surface area contributed by atoms with Crippen molar-refractivity contribution in [1.29, 1.82) is 0 Å². The molecule has 1 amide bonds. The number of ether oxygens (including phenoxy) is 1. The number of amides is 1. The number of nitrogens with one attached hydrogen (secondary N) is 1. The molecule has 2 aliphatic rings. The minimum Gasteiger partial charge on any atom is -0.478 e. The fraction of sp³-hybridized carbons (Fsp3) is 0.478. The molecule has 2 fully saturated rings. The van der Waals surface area contributed by atoms with Crippen molar-refractivity contribution >= 4 is 5.91 Å². The Morgan fingerprint density at radius 1 is 1.14 bits per heavy atom. The van der Waals surface area contributed by atoms with Crippen LogP contribution in [0, 0.1) is 0 Å². The van der Waals surface area contributed by atoms with E-state index in [4.69, 9.17) is 4.74 Å². The summed E-state index contributed by atoms with van der Waals surface area (Å²) in [5.41, 5.74) is 1.48. The number of hydrogen-bond acceptors (Lipinski definition) is 4. The second kappa shape index (κ2) is 8.31. The number of benzene rings is 1. The summed E-state index contributed by atoms with van der Waals surface area (Å²) >= 11 is 0. The van der Waals surface area contributed by atoms with Crippen LogP contribution in [-0.2, 0) is 10.2 Å². The Morgan fingerprint density at radius 3 is 2.57 bits per heavy atom. The Morgan fingerprint density at radius 2 is 1.89 bits per heavy atom. The molecular weight excluding hydrogens is 350 g/mol. The monoisotopic (exact) mass is 379 g/mol. The lowest BCUT2D eigenvalue weighted by molar-refractivity contribution is -0.124. The fourth-order valence-corrected chi connectivity index (χ4v) is 4.07. The highest BCUT2D eigenvalue weighted by atomic mass is 16.5. The lowest BCUT2D eigenvalue weighted by Gasteiger charge is -2.27. The summed E-state index contributed by atoms with van der Waals surface area (Å²) in [6.45, 7) is 5.60. The van der Waals surface area contributed by atoms with Crippen molar-refractivity contribution in [2.75, 3.05) is 26.2 Å². The first-order valence-electron chi connectivity index (χ1n) is 10.4. The molecule has 28 heavy (non-hydrogen) atoms. The highest BCUT2D eigenvalue weighted by molar-refractivity contribution is 5.91. The molecule has 148 valence electrons. The molecule has 4 rings (SSSR count). The molecule has 2 aromatic rings. The van der Waals surface area contributed by atoms with E-state index in [9.17, 15) is 4.79 Å².